The summed E-state index contributed by atoms with van der Waals surface area (Å²) in [6, 6.07) is 8.43. The molecule has 0 aromatic heterocycles. The average Bonchev–Trinajstić information content (AvgIpc) is 3.11. The van der Waals surface area contributed by atoms with Gasteiger partial charge in [0.25, 0.3) is 0 Å². The van der Waals surface area contributed by atoms with E-state index in [1.807, 2.05) is 12.1 Å². The van der Waals surface area contributed by atoms with Gasteiger partial charge in [0.1, 0.15) is 5.54 Å². The molecule has 3 nitrogen and oxygen atoms in total. The fourth-order valence-electron chi connectivity index (χ4n) is 2.87. The third kappa shape index (κ3) is 2.03. The Bertz CT molecular complexity index is 454. The maximum Gasteiger partial charge on any atom is 0.240 e. The average molecular weight is 244 g/mol. The first kappa shape index (κ1) is 11.7. The molecule has 1 fully saturated rings. The smallest absolute Gasteiger partial charge is 0.240 e. The topological polar surface area (TPSA) is 55.1 Å². The first-order valence-electron chi connectivity index (χ1n) is 6.75. The van der Waals surface area contributed by atoms with E-state index in [1.54, 1.807) is 0 Å². The number of carbonyl (C=O) groups excluding carboxylic acids is 1. The number of rotatable bonds is 3. The number of benzene rings is 1. The molecule has 0 radical (unpaired) electrons. The van der Waals surface area contributed by atoms with Crippen LogP contribution in [0, 0.1) is 5.92 Å². The van der Waals surface area contributed by atoms with Crippen LogP contribution in [0.25, 0.3) is 0 Å². The van der Waals surface area contributed by atoms with Crippen LogP contribution in [0.5, 0.6) is 0 Å². The molecule has 1 atom stereocenters. The highest BCUT2D eigenvalue weighted by atomic mass is 16.2. The summed E-state index contributed by atoms with van der Waals surface area (Å²) in [6.45, 7) is 2.08. The predicted molar refractivity (Wildman–Crippen MR) is 71.1 cm³/mol. The lowest BCUT2D eigenvalue weighted by atomic mass is 9.95. The van der Waals surface area contributed by atoms with E-state index in [1.165, 1.54) is 24.0 Å². The standard InChI is InChI=1S/C15H20N2O/c1-10(11-6-7-11)17-14(18)15(16)8-12-4-2-3-5-13(12)9-15/h2-5,10-11H,6-9,16H2,1H3,(H,17,18)/t10-/m0/s1. The quantitative estimate of drug-likeness (QED) is 0.844. The lowest BCUT2D eigenvalue weighted by molar-refractivity contribution is -0.126. The van der Waals surface area contributed by atoms with Crippen molar-refractivity contribution in [1.29, 1.82) is 0 Å². The molecule has 3 heteroatoms. The minimum absolute atomic E-state index is 0.0121. The molecule has 18 heavy (non-hydrogen) atoms. The molecule has 1 saturated carbocycles. The van der Waals surface area contributed by atoms with Crippen molar-refractivity contribution in [2.45, 2.75) is 44.2 Å². The van der Waals surface area contributed by atoms with E-state index in [0.717, 1.165) is 0 Å². The van der Waals surface area contributed by atoms with Gasteiger partial charge in [0.05, 0.1) is 0 Å². The van der Waals surface area contributed by atoms with E-state index in [9.17, 15) is 4.79 Å². The van der Waals surface area contributed by atoms with E-state index in [0.29, 0.717) is 18.8 Å². The molecule has 0 spiro atoms. The highest BCUT2D eigenvalue weighted by Crippen LogP contribution is 2.33. The van der Waals surface area contributed by atoms with E-state index < -0.39 is 5.54 Å². The van der Waals surface area contributed by atoms with Gasteiger partial charge in [0.15, 0.2) is 0 Å². The third-order valence-corrected chi connectivity index (χ3v) is 4.27. The molecule has 1 amide bonds. The number of fused-ring (bicyclic) bond motifs is 1. The SMILES string of the molecule is C[C@H](NC(=O)C1(N)Cc2ccccc2C1)C1CC1. The molecule has 3 N–H and O–H groups in total. The fourth-order valence-corrected chi connectivity index (χ4v) is 2.87. The molecule has 1 aromatic carbocycles. The van der Waals surface area contributed by atoms with Gasteiger partial charge in [-0.1, -0.05) is 24.3 Å². The molecule has 0 unspecified atom stereocenters. The Morgan fingerprint density at radius 3 is 2.39 bits per heavy atom. The zero-order valence-electron chi connectivity index (χ0n) is 10.8. The summed E-state index contributed by atoms with van der Waals surface area (Å²) >= 11 is 0. The molecule has 2 aliphatic carbocycles. The minimum atomic E-state index is -0.743. The molecule has 96 valence electrons. The maximum absolute atomic E-state index is 12.3. The number of hydrogen-bond donors (Lipinski definition) is 2. The number of amides is 1. The predicted octanol–water partition coefficient (Wildman–Crippen LogP) is 1.40. The zero-order valence-corrected chi connectivity index (χ0v) is 10.8. The van der Waals surface area contributed by atoms with Gasteiger partial charge in [-0.3, -0.25) is 4.79 Å². The molecule has 1 aromatic rings. The van der Waals surface area contributed by atoms with Crippen LogP contribution < -0.4 is 11.1 Å². The molecule has 0 aliphatic heterocycles. The molecule has 2 aliphatic rings. The van der Waals surface area contributed by atoms with Crippen molar-refractivity contribution in [2.24, 2.45) is 11.7 Å². The highest BCUT2D eigenvalue weighted by Gasteiger charge is 2.41. The van der Waals surface area contributed by atoms with Gasteiger partial charge >= 0.3 is 0 Å². The van der Waals surface area contributed by atoms with Gasteiger partial charge in [-0.25, -0.2) is 0 Å². The summed E-state index contributed by atoms with van der Waals surface area (Å²) in [4.78, 5) is 12.3. The summed E-state index contributed by atoms with van der Waals surface area (Å²) in [5.74, 6) is 0.680. The highest BCUT2D eigenvalue weighted by molar-refractivity contribution is 5.88. The molecular weight excluding hydrogens is 224 g/mol. The van der Waals surface area contributed by atoms with Crippen molar-refractivity contribution in [2.75, 3.05) is 0 Å². The minimum Gasteiger partial charge on any atom is -0.352 e. The first-order chi connectivity index (χ1) is 8.58. The summed E-state index contributed by atoms with van der Waals surface area (Å²) in [6.07, 6.45) is 3.79. The van der Waals surface area contributed by atoms with Crippen LogP contribution in [0.2, 0.25) is 0 Å². The summed E-state index contributed by atoms with van der Waals surface area (Å²) in [7, 11) is 0. The van der Waals surface area contributed by atoms with Gasteiger partial charge < -0.3 is 11.1 Å². The van der Waals surface area contributed by atoms with Gasteiger partial charge in [0, 0.05) is 6.04 Å². The van der Waals surface area contributed by atoms with Crippen LogP contribution in [-0.2, 0) is 17.6 Å². The van der Waals surface area contributed by atoms with Crippen molar-refractivity contribution in [3.05, 3.63) is 35.4 Å². The fraction of sp³-hybridized carbons (Fsp3) is 0.533. The Labute approximate surface area is 108 Å². The monoisotopic (exact) mass is 244 g/mol. The Hall–Kier alpha value is -1.35. The Kier molecular flexibility index (Phi) is 2.67. The van der Waals surface area contributed by atoms with Crippen molar-refractivity contribution in [3.8, 4) is 0 Å². The van der Waals surface area contributed by atoms with Crippen LogP contribution in [0.1, 0.15) is 30.9 Å². The van der Waals surface area contributed by atoms with Crippen molar-refractivity contribution < 1.29 is 4.79 Å². The molecule has 0 bridgehead atoms. The van der Waals surface area contributed by atoms with Crippen LogP contribution >= 0.6 is 0 Å². The van der Waals surface area contributed by atoms with Gasteiger partial charge in [0.2, 0.25) is 5.91 Å². The largest absolute Gasteiger partial charge is 0.352 e. The van der Waals surface area contributed by atoms with Crippen LogP contribution in [0.15, 0.2) is 24.3 Å². The van der Waals surface area contributed by atoms with Crippen LogP contribution in [0.4, 0.5) is 0 Å². The van der Waals surface area contributed by atoms with E-state index in [4.69, 9.17) is 5.73 Å². The summed E-state index contributed by atoms with van der Waals surface area (Å²) < 4.78 is 0. The maximum atomic E-state index is 12.3. The molecule has 3 rings (SSSR count). The number of carbonyl (C=O) groups is 1. The second-order valence-electron chi connectivity index (χ2n) is 5.88. The van der Waals surface area contributed by atoms with E-state index in [2.05, 4.69) is 24.4 Å². The zero-order chi connectivity index (χ0) is 12.8. The molecular formula is C15H20N2O. The Balaban J connectivity index is 1.71. The van der Waals surface area contributed by atoms with Crippen LogP contribution in [0.3, 0.4) is 0 Å². The van der Waals surface area contributed by atoms with Crippen molar-refractivity contribution in [3.63, 3.8) is 0 Å². The molecule has 0 heterocycles. The Morgan fingerprint density at radius 1 is 1.33 bits per heavy atom. The van der Waals surface area contributed by atoms with Gasteiger partial charge in [-0.2, -0.15) is 0 Å². The number of nitrogens with one attached hydrogen (secondary N) is 1. The van der Waals surface area contributed by atoms with Gasteiger partial charge in [-0.05, 0) is 49.7 Å². The lowest BCUT2D eigenvalue weighted by Gasteiger charge is -2.25. The Morgan fingerprint density at radius 2 is 1.89 bits per heavy atom. The first-order valence-corrected chi connectivity index (χ1v) is 6.75. The molecule has 0 saturated heterocycles. The van der Waals surface area contributed by atoms with E-state index in [-0.39, 0.29) is 11.9 Å². The third-order valence-electron chi connectivity index (χ3n) is 4.27. The van der Waals surface area contributed by atoms with Crippen molar-refractivity contribution >= 4 is 5.91 Å². The number of nitrogens with two attached hydrogens (primary N) is 1. The van der Waals surface area contributed by atoms with E-state index >= 15 is 0 Å². The van der Waals surface area contributed by atoms with Gasteiger partial charge in [-0.15, -0.1) is 0 Å². The van der Waals surface area contributed by atoms with Crippen molar-refractivity contribution in [1.82, 2.24) is 5.32 Å². The second-order valence-corrected chi connectivity index (χ2v) is 5.88. The summed E-state index contributed by atoms with van der Waals surface area (Å²) in [5.41, 5.74) is 8.00. The summed E-state index contributed by atoms with van der Waals surface area (Å²) in [5, 5.41) is 3.10. The normalized spacial score (nSPS) is 22.3. The second kappa shape index (κ2) is 4.09. The number of hydrogen-bond acceptors (Lipinski definition) is 2. The lowest BCUT2D eigenvalue weighted by Crippen LogP contribution is -2.56. The van der Waals surface area contributed by atoms with Crippen LogP contribution in [-0.4, -0.2) is 17.5 Å².